The van der Waals surface area contributed by atoms with Crippen LogP contribution in [-0.2, 0) is 19.1 Å². The van der Waals surface area contributed by atoms with Gasteiger partial charge in [0.1, 0.15) is 0 Å². The van der Waals surface area contributed by atoms with Crippen molar-refractivity contribution in [3.8, 4) is 0 Å². The molecule has 2 amide bonds. The molecule has 2 fully saturated rings. The van der Waals surface area contributed by atoms with Gasteiger partial charge in [-0.15, -0.1) is 0 Å². The van der Waals surface area contributed by atoms with Crippen LogP contribution in [0, 0.1) is 11.8 Å². The molecule has 0 radical (unpaired) electrons. The van der Waals surface area contributed by atoms with E-state index in [1.165, 1.54) is 7.11 Å². The molecule has 24 heavy (non-hydrogen) atoms. The van der Waals surface area contributed by atoms with Crippen LogP contribution in [0.3, 0.4) is 0 Å². The molecule has 0 saturated carbocycles. The fourth-order valence-corrected chi connectivity index (χ4v) is 3.73. The molecule has 1 unspecified atom stereocenters. The summed E-state index contributed by atoms with van der Waals surface area (Å²) < 4.78 is 4.77. The van der Waals surface area contributed by atoms with Crippen LogP contribution in [0.2, 0.25) is 0 Å². The van der Waals surface area contributed by atoms with Crippen molar-refractivity contribution in [3.05, 3.63) is 0 Å². The minimum Gasteiger partial charge on any atom is -0.469 e. The first-order chi connectivity index (χ1) is 11.4. The van der Waals surface area contributed by atoms with E-state index in [0.29, 0.717) is 13.1 Å². The second-order valence-corrected chi connectivity index (χ2v) is 7.22. The maximum atomic E-state index is 12.9. The van der Waals surface area contributed by atoms with E-state index < -0.39 is 0 Å². The molecule has 0 aromatic carbocycles. The number of nitrogens with zero attached hydrogens (tertiary/aromatic N) is 2. The Bertz CT molecular complexity index is 470. The highest BCUT2D eigenvalue weighted by molar-refractivity contribution is 5.81. The first-order valence-electron chi connectivity index (χ1n) is 9.10. The summed E-state index contributed by atoms with van der Waals surface area (Å²) in [5, 5.41) is 0. The first kappa shape index (κ1) is 18.7. The molecule has 2 aliphatic heterocycles. The molecule has 6 heteroatoms. The highest BCUT2D eigenvalue weighted by atomic mass is 16.5. The van der Waals surface area contributed by atoms with Crippen LogP contribution in [0.15, 0.2) is 0 Å². The van der Waals surface area contributed by atoms with Gasteiger partial charge in [-0.2, -0.15) is 0 Å². The number of amides is 2. The van der Waals surface area contributed by atoms with Crippen LogP contribution in [0.5, 0.6) is 0 Å². The third kappa shape index (κ3) is 4.48. The zero-order valence-electron chi connectivity index (χ0n) is 15.1. The highest BCUT2D eigenvalue weighted by Gasteiger charge is 2.35. The Kier molecular flexibility index (Phi) is 6.63. The van der Waals surface area contributed by atoms with Gasteiger partial charge in [-0.3, -0.25) is 14.4 Å². The van der Waals surface area contributed by atoms with Gasteiger partial charge in [-0.05, 0) is 32.1 Å². The molecule has 2 heterocycles. The Labute approximate surface area is 144 Å². The second kappa shape index (κ2) is 8.49. The molecule has 0 spiro atoms. The molecule has 2 rings (SSSR count). The van der Waals surface area contributed by atoms with Crippen LogP contribution in [-0.4, -0.2) is 60.4 Å². The van der Waals surface area contributed by atoms with Crippen molar-refractivity contribution in [1.29, 1.82) is 0 Å². The topological polar surface area (TPSA) is 66.9 Å². The molecular formula is C18H30N2O4. The Hall–Kier alpha value is -1.59. The number of carbonyl (C=O) groups excluding carboxylic acids is 3. The summed E-state index contributed by atoms with van der Waals surface area (Å²) in [7, 11) is 1.39. The van der Waals surface area contributed by atoms with Crippen molar-refractivity contribution in [3.63, 3.8) is 0 Å². The SMILES string of the molecule is COC(=O)CC1CCCCN1C(=O)C1CCN(C(=O)C(C)C)CC1. The average Bonchev–Trinajstić information content (AvgIpc) is 2.61. The van der Waals surface area contributed by atoms with E-state index in [2.05, 4.69) is 0 Å². The van der Waals surface area contributed by atoms with Gasteiger partial charge in [-0.1, -0.05) is 13.8 Å². The number of ether oxygens (including phenoxy) is 1. The van der Waals surface area contributed by atoms with E-state index in [0.717, 1.165) is 38.6 Å². The standard InChI is InChI=1S/C18H30N2O4/c1-13(2)17(22)19-10-7-14(8-11-19)18(23)20-9-5-4-6-15(20)12-16(21)24-3/h13-15H,4-12H2,1-3H3. The van der Waals surface area contributed by atoms with Crippen molar-refractivity contribution < 1.29 is 19.1 Å². The Morgan fingerprint density at radius 2 is 1.71 bits per heavy atom. The van der Waals surface area contributed by atoms with Crippen molar-refractivity contribution in [2.45, 2.75) is 58.4 Å². The number of likely N-dealkylation sites (tertiary alicyclic amines) is 2. The van der Waals surface area contributed by atoms with E-state index in [4.69, 9.17) is 4.74 Å². The van der Waals surface area contributed by atoms with Crippen LogP contribution >= 0.6 is 0 Å². The highest BCUT2D eigenvalue weighted by Crippen LogP contribution is 2.26. The van der Waals surface area contributed by atoms with E-state index >= 15 is 0 Å². The van der Waals surface area contributed by atoms with Crippen LogP contribution in [0.25, 0.3) is 0 Å². The zero-order valence-corrected chi connectivity index (χ0v) is 15.1. The van der Waals surface area contributed by atoms with E-state index in [-0.39, 0.29) is 42.1 Å². The molecule has 0 N–H and O–H groups in total. The first-order valence-corrected chi connectivity index (χ1v) is 9.10. The maximum absolute atomic E-state index is 12.9. The number of hydrogen-bond acceptors (Lipinski definition) is 4. The quantitative estimate of drug-likeness (QED) is 0.734. The van der Waals surface area contributed by atoms with Crippen molar-refractivity contribution in [1.82, 2.24) is 9.80 Å². The number of carbonyl (C=O) groups is 3. The summed E-state index contributed by atoms with van der Waals surface area (Å²) >= 11 is 0. The number of methoxy groups -OCH3 is 1. The van der Waals surface area contributed by atoms with Gasteiger partial charge in [0.15, 0.2) is 0 Å². The summed E-state index contributed by atoms with van der Waals surface area (Å²) in [6.07, 6.45) is 4.64. The summed E-state index contributed by atoms with van der Waals surface area (Å²) in [6.45, 7) is 5.85. The lowest BCUT2D eigenvalue weighted by Crippen LogP contribution is -2.50. The lowest BCUT2D eigenvalue weighted by molar-refractivity contribution is -0.148. The van der Waals surface area contributed by atoms with E-state index in [9.17, 15) is 14.4 Å². The lowest BCUT2D eigenvalue weighted by Gasteiger charge is -2.40. The van der Waals surface area contributed by atoms with E-state index in [1.807, 2.05) is 23.6 Å². The molecule has 1 atom stereocenters. The molecule has 0 aliphatic carbocycles. The summed E-state index contributed by atoms with van der Waals surface area (Å²) in [4.78, 5) is 40.3. The number of esters is 1. The van der Waals surface area contributed by atoms with Crippen molar-refractivity contribution in [2.75, 3.05) is 26.7 Å². The smallest absolute Gasteiger partial charge is 0.307 e. The monoisotopic (exact) mass is 338 g/mol. The summed E-state index contributed by atoms with van der Waals surface area (Å²) in [6, 6.07) is -0.0333. The second-order valence-electron chi connectivity index (χ2n) is 7.22. The summed E-state index contributed by atoms with van der Waals surface area (Å²) in [5.74, 6) is 0.0444. The normalized spacial score (nSPS) is 22.6. The molecule has 6 nitrogen and oxygen atoms in total. The van der Waals surface area contributed by atoms with Gasteiger partial charge in [-0.25, -0.2) is 0 Å². The predicted molar refractivity (Wildman–Crippen MR) is 90.1 cm³/mol. The van der Waals surface area contributed by atoms with Gasteiger partial charge in [0.25, 0.3) is 0 Å². The van der Waals surface area contributed by atoms with Gasteiger partial charge in [0.05, 0.1) is 13.5 Å². The van der Waals surface area contributed by atoms with Crippen LogP contribution < -0.4 is 0 Å². The van der Waals surface area contributed by atoms with Gasteiger partial charge in [0.2, 0.25) is 11.8 Å². The fourth-order valence-electron chi connectivity index (χ4n) is 3.73. The number of piperidine rings is 2. The molecule has 136 valence electrons. The molecule has 0 bridgehead atoms. The number of hydrogen-bond donors (Lipinski definition) is 0. The third-order valence-electron chi connectivity index (χ3n) is 5.19. The van der Waals surface area contributed by atoms with E-state index in [1.54, 1.807) is 0 Å². The van der Waals surface area contributed by atoms with Gasteiger partial charge < -0.3 is 14.5 Å². The van der Waals surface area contributed by atoms with Crippen LogP contribution in [0.4, 0.5) is 0 Å². The predicted octanol–water partition coefficient (Wildman–Crippen LogP) is 1.83. The summed E-state index contributed by atoms with van der Waals surface area (Å²) in [5.41, 5.74) is 0. The van der Waals surface area contributed by atoms with Crippen molar-refractivity contribution in [2.24, 2.45) is 11.8 Å². The number of rotatable bonds is 4. The Morgan fingerprint density at radius 1 is 1.04 bits per heavy atom. The average molecular weight is 338 g/mol. The molecule has 0 aromatic heterocycles. The zero-order chi connectivity index (χ0) is 17.7. The minimum absolute atomic E-state index is 0.00350. The Morgan fingerprint density at radius 3 is 2.29 bits per heavy atom. The lowest BCUT2D eigenvalue weighted by atomic mass is 9.91. The molecule has 2 saturated heterocycles. The largest absolute Gasteiger partial charge is 0.469 e. The molecule has 2 aliphatic rings. The Balaban J connectivity index is 1.93. The fraction of sp³-hybridized carbons (Fsp3) is 0.833. The van der Waals surface area contributed by atoms with Gasteiger partial charge in [0, 0.05) is 37.5 Å². The van der Waals surface area contributed by atoms with Crippen LogP contribution in [0.1, 0.15) is 52.4 Å². The minimum atomic E-state index is -0.253. The molecular weight excluding hydrogens is 308 g/mol. The third-order valence-corrected chi connectivity index (χ3v) is 5.19. The molecule has 0 aromatic rings. The maximum Gasteiger partial charge on any atom is 0.307 e. The van der Waals surface area contributed by atoms with Crippen molar-refractivity contribution >= 4 is 17.8 Å². The van der Waals surface area contributed by atoms with Gasteiger partial charge >= 0.3 is 5.97 Å².